The maximum Gasteiger partial charge on any atom is 0.200 e. The first-order valence-corrected chi connectivity index (χ1v) is 7.05. The second-order valence-corrected chi connectivity index (χ2v) is 5.38. The molecule has 110 valence electrons. The van der Waals surface area contributed by atoms with Crippen LogP contribution in [0.1, 0.15) is 38.5 Å². The van der Waals surface area contributed by atoms with Gasteiger partial charge in [0.25, 0.3) is 0 Å². The Bertz CT molecular complexity index is 450. The van der Waals surface area contributed by atoms with Crippen molar-refractivity contribution in [2.75, 3.05) is 0 Å². The molecular formula is C14H16BF5. The van der Waals surface area contributed by atoms with Crippen molar-refractivity contribution in [1.82, 2.24) is 0 Å². The van der Waals surface area contributed by atoms with Crippen LogP contribution in [0.2, 0.25) is 12.6 Å². The van der Waals surface area contributed by atoms with Crippen LogP contribution < -0.4 is 5.46 Å². The summed E-state index contributed by atoms with van der Waals surface area (Å²) in [5.41, 5.74) is -0.622. The minimum atomic E-state index is -2.08. The summed E-state index contributed by atoms with van der Waals surface area (Å²) in [7, 11) is 0. The van der Waals surface area contributed by atoms with Crippen molar-refractivity contribution in [3.05, 3.63) is 29.1 Å². The molecular weight excluding hydrogens is 274 g/mol. The molecule has 1 aromatic carbocycles. The summed E-state index contributed by atoms with van der Waals surface area (Å²) in [5.74, 6) is -9.07. The Balaban J connectivity index is 2.39. The normalized spacial score (nSPS) is 17.6. The summed E-state index contributed by atoms with van der Waals surface area (Å²) in [6.45, 7) is -0.585. The van der Waals surface area contributed by atoms with Crippen LogP contribution in [0.15, 0.2) is 0 Å². The van der Waals surface area contributed by atoms with Crippen molar-refractivity contribution >= 4 is 12.2 Å². The molecule has 1 aliphatic rings. The topological polar surface area (TPSA) is 0 Å². The lowest BCUT2D eigenvalue weighted by atomic mass is 9.39. The molecule has 6 heteroatoms. The fourth-order valence-corrected chi connectivity index (χ4v) is 2.90. The second-order valence-electron chi connectivity index (χ2n) is 5.38. The molecule has 1 heterocycles. The van der Waals surface area contributed by atoms with E-state index in [0.29, 0.717) is 12.6 Å². The van der Waals surface area contributed by atoms with Gasteiger partial charge in [0.2, 0.25) is 0 Å². The molecule has 1 fully saturated rings. The Morgan fingerprint density at radius 3 is 1.30 bits per heavy atom. The van der Waals surface area contributed by atoms with E-state index in [2.05, 4.69) is 0 Å². The van der Waals surface area contributed by atoms with Crippen molar-refractivity contribution in [2.45, 2.75) is 51.2 Å². The van der Waals surface area contributed by atoms with Crippen LogP contribution in [0.25, 0.3) is 0 Å². The third-order valence-electron chi connectivity index (χ3n) is 4.01. The molecule has 2 rings (SSSR count). The van der Waals surface area contributed by atoms with E-state index in [-0.39, 0.29) is 0 Å². The Hall–Kier alpha value is -1.07. The molecule has 0 aromatic heterocycles. The minimum absolute atomic E-state index is 0.471. The number of halogens is 5. The van der Waals surface area contributed by atoms with Crippen LogP contribution in [-0.4, -0.2) is 6.71 Å². The zero-order valence-corrected chi connectivity index (χ0v) is 11.1. The molecule has 20 heavy (non-hydrogen) atoms. The van der Waals surface area contributed by atoms with Crippen molar-refractivity contribution in [3.8, 4) is 0 Å². The molecule has 0 N–H and O–H groups in total. The highest BCUT2D eigenvalue weighted by molar-refractivity contribution is 6.73. The number of benzene rings is 1. The highest BCUT2D eigenvalue weighted by Crippen LogP contribution is 2.22. The van der Waals surface area contributed by atoms with Crippen molar-refractivity contribution in [1.29, 1.82) is 0 Å². The van der Waals surface area contributed by atoms with Crippen molar-refractivity contribution < 1.29 is 22.0 Å². The summed E-state index contributed by atoms with van der Waals surface area (Å²) < 4.78 is 67.2. The Labute approximate surface area is 115 Å². The largest absolute Gasteiger partial charge is 0.204 e. The average Bonchev–Trinajstić information content (AvgIpc) is 2.57. The third-order valence-corrected chi connectivity index (χ3v) is 4.01. The van der Waals surface area contributed by atoms with Gasteiger partial charge in [0.15, 0.2) is 35.8 Å². The predicted octanol–water partition coefficient (Wildman–Crippen LogP) is 4.44. The molecule has 0 aliphatic carbocycles. The van der Waals surface area contributed by atoms with Crippen molar-refractivity contribution in [2.24, 2.45) is 0 Å². The van der Waals surface area contributed by atoms with E-state index in [0.717, 1.165) is 38.5 Å². The van der Waals surface area contributed by atoms with Gasteiger partial charge in [-0.3, -0.25) is 0 Å². The Kier molecular flexibility index (Phi) is 5.05. The molecule has 0 radical (unpaired) electrons. The number of rotatable bonds is 1. The van der Waals surface area contributed by atoms with E-state index in [1.807, 2.05) is 0 Å². The summed E-state index contributed by atoms with van der Waals surface area (Å²) in [4.78, 5) is 0. The standard InChI is InChI=1S/C14H16BF5/c16-10-9(11(17)13(19)14(20)12(10)18)15-7-5-3-1-2-4-6-8-15/h1-8H2. The lowest BCUT2D eigenvalue weighted by Gasteiger charge is -2.16. The predicted molar refractivity (Wildman–Crippen MR) is 68.9 cm³/mol. The van der Waals surface area contributed by atoms with Crippen molar-refractivity contribution in [3.63, 3.8) is 0 Å². The van der Waals surface area contributed by atoms with E-state index in [9.17, 15) is 22.0 Å². The third kappa shape index (κ3) is 2.99. The first-order chi connectivity index (χ1) is 9.54. The molecule has 0 amide bonds. The molecule has 1 aromatic rings. The maximum atomic E-state index is 13.8. The van der Waals surface area contributed by atoms with Crippen LogP contribution in [0.4, 0.5) is 22.0 Å². The van der Waals surface area contributed by atoms with Gasteiger partial charge in [-0.1, -0.05) is 51.2 Å². The molecule has 1 saturated heterocycles. The summed E-state index contributed by atoms with van der Waals surface area (Å²) >= 11 is 0. The second kappa shape index (κ2) is 6.59. The zero-order chi connectivity index (χ0) is 14.7. The molecule has 0 saturated carbocycles. The van der Waals surface area contributed by atoms with Gasteiger partial charge in [0.05, 0.1) is 0 Å². The first-order valence-electron chi connectivity index (χ1n) is 7.05. The highest BCUT2D eigenvalue weighted by atomic mass is 19.2. The van der Waals surface area contributed by atoms with E-state index < -0.39 is 41.3 Å². The Morgan fingerprint density at radius 1 is 0.500 bits per heavy atom. The zero-order valence-electron chi connectivity index (χ0n) is 11.1. The van der Waals surface area contributed by atoms with Gasteiger partial charge in [0, 0.05) is 0 Å². The molecule has 0 unspecified atom stereocenters. The molecule has 0 spiro atoms. The molecule has 0 atom stereocenters. The fraction of sp³-hybridized carbons (Fsp3) is 0.571. The van der Waals surface area contributed by atoms with Gasteiger partial charge in [-0.15, -0.1) is 0 Å². The van der Waals surface area contributed by atoms with Gasteiger partial charge >= 0.3 is 0 Å². The van der Waals surface area contributed by atoms with E-state index in [4.69, 9.17) is 0 Å². The quantitative estimate of drug-likeness (QED) is 0.310. The minimum Gasteiger partial charge on any atom is -0.204 e. The van der Waals surface area contributed by atoms with E-state index >= 15 is 0 Å². The molecule has 0 nitrogen and oxygen atoms in total. The number of hydrogen-bond donors (Lipinski definition) is 0. The lowest BCUT2D eigenvalue weighted by Crippen LogP contribution is -2.37. The van der Waals surface area contributed by atoms with Gasteiger partial charge in [-0.2, -0.15) is 0 Å². The SMILES string of the molecule is Fc1c(F)c(F)c(B2CCCCCCCC2)c(F)c1F. The smallest absolute Gasteiger partial charge is 0.200 e. The van der Waals surface area contributed by atoms with Crippen LogP contribution in [0, 0.1) is 29.1 Å². The summed E-state index contributed by atoms with van der Waals surface area (Å²) in [6.07, 6.45) is 6.44. The number of hydrogen-bond acceptors (Lipinski definition) is 0. The summed E-state index contributed by atoms with van der Waals surface area (Å²) in [6, 6.07) is 0. The monoisotopic (exact) mass is 290 g/mol. The fourth-order valence-electron chi connectivity index (χ4n) is 2.90. The molecule has 0 bridgehead atoms. The molecule has 1 aliphatic heterocycles. The first kappa shape index (κ1) is 15.3. The Morgan fingerprint density at radius 2 is 0.850 bits per heavy atom. The van der Waals surface area contributed by atoms with Crippen LogP contribution in [0.5, 0.6) is 0 Å². The van der Waals surface area contributed by atoms with E-state index in [1.165, 1.54) is 0 Å². The summed E-state index contributed by atoms with van der Waals surface area (Å²) in [5, 5.41) is 0. The van der Waals surface area contributed by atoms with Crippen LogP contribution in [0.3, 0.4) is 0 Å². The highest BCUT2D eigenvalue weighted by Gasteiger charge is 2.31. The average molecular weight is 290 g/mol. The van der Waals surface area contributed by atoms with E-state index in [1.54, 1.807) is 0 Å². The van der Waals surface area contributed by atoms with Gasteiger partial charge < -0.3 is 0 Å². The van der Waals surface area contributed by atoms with Gasteiger partial charge in [0.1, 0.15) is 0 Å². The lowest BCUT2D eigenvalue weighted by molar-refractivity contribution is 0.383. The van der Waals surface area contributed by atoms with Gasteiger partial charge in [-0.25, -0.2) is 22.0 Å². The van der Waals surface area contributed by atoms with Gasteiger partial charge in [-0.05, 0) is 5.46 Å². The van der Waals surface area contributed by atoms with Crippen LogP contribution in [-0.2, 0) is 0 Å². The van der Waals surface area contributed by atoms with Crippen LogP contribution >= 0.6 is 0 Å². The maximum absolute atomic E-state index is 13.8.